The molecule has 44 heavy (non-hydrogen) atoms. The number of benzene rings is 2. The second kappa shape index (κ2) is 10.7. The quantitative estimate of drug-likeness (QED) is 0.228. The third-order valence-corrected chi connectivity index (χ3v) is 8.23. The van der Waals surface area contributed by atoms with Gasteiger partial charge in [-0.25, -0.2) is 15.0 Å². The first-order valence-corrected chi connectivity index (χ1v) is 13.6. The molecule has 6 atom stereocenters. The van der Waals surface area contributed by atoms with Crippen LogP contribution in [0.15, 0.2) is 55.1 Å². The number of nitrogens with zero attached hydrogens (tertiary/aromatic N) is 4. The number of rotatable bonds is 7. The molecule has 6 rings (SSSR count). The minimum atomic E-state index is -4.82. The summed E-state index contributed by atoms with van der Waals surface area (Å²) < 4.78 is 84.2. The molecule has 0 saturated carbocycles. The molecule has 0 spiro atoms. The van der Waals surface area contributed by atoms with Crippen molar-refractivity contribution in [2.45, 2.75) is 68.1 Å². The molecule has 4 aromatic rings. The average molecular weight is 623 g/mol. The molecule has 0 radical (unpaired) electrons. The number of alkyl halides is 5. The minimum Gasteiger partial charge on any atom is -0.491 e. The molecule has 2 aromatic heterocycles. The number of ether oxygens (including phenoxy) is 2. The van der Waals surface area contributed by atoms with Gasteiger partial charge in [0.1, 0.15) is 48.6 Å². The van der Waals surface area contributed by atoms with Crippen molar-refractivity contribution in [3.8, 4) is 5.75 Å². The molecule has 2 aromatic carbocycles. The normalized spacial score (nSPS) is 28.0. The fourth-order valence-electron chi connectivity index (χ4n) is 5.82. The van der Waals surface area contributed by atoms with Gasteiger partial charge >= 0.3 is 12.1 Å². The number of halogens is 5. The SMILES string of the molecule is Cc1ncnc2c1ncn2[C@@H]1O[C@H](COc2cc(CC[C@@]3(O)c4ccccc4[C@H](O)C3(F)F)cc(C(F)(F)F)c2)[C@@H](O)[C@H]1O. The van der Waals surface area contributed by atoms with E-state index in [9.17, 15) is 33.6 Å². The van der Waals surface area contributed by atoms with Crippen LogP contribution in [-0.2, 0) is 22.9 Å². The number of fused-ring (bicyclic) bond motifs is 2. The number of imidazole rings is 1. The van der Waals surface area contributed by atoms with Crippen LogP contribution in [0, 0.1) is 6.92 Å². The van der Waals surface area contributed by atoms with Crippen molar-refractivity contribution in [2.75, 3.05) is 6.61 Å². The molecule has 15 heteroatoms. The van der Waals surface area contributed by atoms with Gasteiger partial charge < -0.3 is 29.9 Å². The average Bonchev–Trinajstić information content (AvgIpc) is 3.58. The summed E-state index contributed by atoms with van der Waals surface area (Å²) in [6.45, 7) is 1.24. The van der Waals surface area contributed by atoms with Gasteiger partial charge in [0.25, 0.3) is 0 Å². The molecule has 234 valence electrons. The van der Waals surface area contributed by atoms with Crippen LogP contribution in [0.3, 0.4) is 0 Å². The van der Waals surface area contributed by atoms with Crippen molar-refractivity contribution < 1.29 is 51.9 Å². The predicted molar refractivity (Wildman–Crippen MR) is 141 cm³/mol. The summed E-state index contributed by atoms with van der Waals surface area (Å²) in [6, 6.07) is 8.02. The molecule has 4 N–H and O–H groups in total. The van der Waals surface area contributed by atoms with Crippen LogP contribution in [-0.4, -0.2) is 70.8 Å². The van der Waals surface area contributed by atoms with E-state index >= 15 is 8.78 Å². The van der Waals surface area contributed by atoms with Gasteiger partial charge in [0.2, 0.25) is 0 Å². The fourth-order valence-corrected chi connectivity index (χ4v) is 5.82. The maximum Gasteiger partial charge on any atom is 0.416 e. The Balaban J connectivity index is 1.21. The van der Waals surface area contributed by atoms with Crippen LogP contribution < -0.4 is 4.74 Å². The second-order valence-corrected chi connectivity index (χ2v) is 11.0. The third kappa shape index (κ3) is 4.88. The summed E-state index contributed by atoms with van der Waals surface area (Å²) in [4.78, 5) is 12.4. The van der Waals surface area contributed by atoms with Crippen LogP contribution in [0.5, 0.6) is 5.75 Å². The van der Waals surface area contributed by atoms with Gasteiger partial charge in [0.05, 0.1) is 17.6 Å². The van der Waals surface area contributed by atoms with Gasteiger partial charge in [-0.05, 0) is 54.7 Å². The van der Waals surface area contributed by atoms with Crippen molar-refractivity contribution >= 4 is 11.2 Å². The second-order valence-electron chi connectivity index (χ2n) is 11.0. The molecular formula is C29H27F5N4O6. The van der Waals surface area contributed by atoms with Crippen LogP contribution >= 0.6 is 0 Å². The maximum absolute atomic E-state index is 15.1. The minimum absolute atomic E-state index is 0.0661. The summed E-state index contributed by atoms with van der Waals surface area (Å²) in [5, 5.41) is 42.5. The van der Waals surface area contributed by atoms with E-state index in [-0.39, 0.29) is 22.4 Å². The van der Waals surface area contributed by atoms with Gasteiger partial charge in [-0.15, -0.1) is 0 Å². The van der Waals surface area contributed by atoms with Crippen molar-refractivity contribution in [3.63, 3.8) is 0 Å². The molecule has 1 saturated heterocycles. The Morgan fingerprint density at radius 3 is 2.52 bits per heavy atom. The number of aryl methyl sites for hydroxylation is 2. The largest absolute Gasteiger partial charge is 0.491 e. The molecule has 3 heterocycles. The van der Waals surface area contributed by atoms with E-state index in [1.807, 2.05) is 0 Å². The highest BCUT2D eigenvalue weighted by molar-refractivity contribution is 5.72. The van der Waals surface area contributed by atoms with Crippen molar-refractivity contribution in [3.05, 3.63) is 83.1 Å². The summed E-state index contributed by atoms with van der Waals surface area (Å²) in [5.74, 6) is -4.29. The molecule has 1 aliphatic carbocycles. The topological polar surface area (TPSA) is 143 Å². The van der Waals surface area contributed by atoms with E-state index in [1.165, 1.54) is 47.6 Å². The number of hydrogen-bond acceptors (Lipinski definition) is 9. The zero-order valence-electron chi connectivity index (χ0n) is 23.0. The molecular weight excluding hydrogens is 595 g/mol. The lowest BCUT2D eigenvalue weighted by atomic mass is 9.86. The van der Waals surface area contributed by atoms with Gasteiger partial charge in [-0.1, -0.05) is 24.3 Å². The number of hydrogen-bond donors (Lipinski definition) is 4. The molecule has 10 nitrogen and oxygen atoms in total. The molecule has 0 unspecified atom stereocenters. The van der Waals surface area contributed by atoms with Gasteiger partial charge in [0, 0.05) is 0 Å². The highest BCUT2D eigenvalue weighted by Crippen LogP contribution is 2.56. The van der Waals surface area contributed by atoms with Gasteiger partial charge in [-0.3, -0.25) is 4.57 Å². The van der Waals surface area contributed by atoms with Crippen LogP contribution in [0.1, 0.15) is 46.7 Å². The smallest absolute Gasteiger partial charge is 0.416 e. The van der Waals surface area contributed by atoms with E-state index in [1.54, 1.807) is 6.92 Å². The zero-order chi connectivity index (χ0) is 31.6. The first-order valence-electron chi connectivity index (χ1n) is 13.6. The molecule has 2 aliphatic rings. The van der Waals surface area contributed by atoms with E-state index < -0.39 is 73.4 Å². The summed E-state index contributed by atoms with van der Waals surface area (Å²) >= 11 is 0. The zero-order valence-corrected chi connectivity index (χ0v) is 23.0. The van der Waals surface area contributed by atoms with Crippen LogP contribution in [0.4, 0.5) is 22.0 Å². The van der Waals surface area contributed by atoms with E-state index in [0.29, 0.717) is 22.9 Å². The molecule has 0 amide bonds. The van der Waals surface area contributed by atoms with Crippen molar-refractivity contribution in [1.82, 2.24) is 19.5 Å². The molecule has 1 aliphatic heterocycles. The Bertz CT molecular complexity index is 1700. The third-order valence-electron chi connectivity index (χ3n) is 8.23. The van der Waals surface area contributed by atoms with Crippen molar-refractivity contribution in [1.29, 1.82) is 0 Å². The summed E-state index contributed by atoms with van der Waals surface area (Å²) in [6.07, 6.45) is -10.8. The van der Waals surface area contributed by atoms with E-state index in [0.717, 1.165) is 6.07 Å². The lowest BCUT2D eigenvalue weighted by Gasteiger charge is -2.32. The predicted octanol–water partition coefficient (Wildman–Crippen LogP) is 3.35. The first kappa shape index (κ1) is 30.3. The summed E-state index contributed by atoms with van der Waals surface area (Å²) in [5.41, 5.74) is -3.01. The Morgan fingerprint density at radius 2 is 1.77 bits per heavy atom. The van der Waals surface area contributed by atoms with Crippen LogP contribution in [0.2, 0.25) is 0 Å². The first-order chi connectivity index (χ1) is 20.7. The lowest BCUT2D eigenvalue weighted by molar-refractivity contribution is -0.226. The fraction of sp³-hybridized carbons (Fsp3) is 0.414. The number of aliphatic hydroxyl groups is 4. The number of aromatic nitrogens is 4. The highest BCUT2D eigenvalue weighted by atomic mass is 19.4. The van der Waals surface area contributed by atoms with Gasteiger partial charge in [-0.2, -0.15) is 22.0 Å². The Labute approximate surface area is 246 Å². The van der Waals surface area contributed by atoms with E-state index in [2.05, 4.69) is 15.0 Å². The Kier molecular flexibility index (Phi) is 7.36. The lowest BCUT2D eigenvalue weighted by Crippen LogP contribution is -2.44. The summed E-state index contributed by atoms with van der Waals surface area (Å²) in [7, 11) is 0. The van der Waals surface area contributed by atoms with E-state index in [4.69, 9.17) is 9.47 Å². The number of aliphatic hydroxyl groups excluding tert-OH is 3. The Morgan fingerprint density at radius 1 is 1.02 bits per heavy atom. The molecule has 0 bridgehead atoms. The monoisotopic (exact) mass is 622 g/mol. The molecule has 1 fully saturated rings. The Hall–Kier alpha value is -3.76. The van der Waals surface area contributed by atoms with Gasteiger partial charge in [0.15, 0.2) is 17.5 Å². The standard InChI is InChI=1S/C29H27F5N4O6/c1-14-21-25(36-12-35-14)38(13-37-21)26-23(40)22(39)20(44-26)11-43-17-9-15(8-16(10-17)29(32,33)34)6-7-27(42)19-5-3-2-4-18(19)24(41)28(27,30)31/h2-5,8-10,12-13,20,22-24,26,39-42H,6-7,11H2,1H3/t20-,22-,23-,24+,26-,27-/m1/s1. The van der Waals surface area contributed by atoms with Crippen LogP contribution in [0.25, 0.3) is 11.2 Å². The van der Waals surface area contributed by atoms with Crippen molar-refractivity contribution in [2.24, 2.45) is 0 Å². The highest BCUT2D eigenvalue weighted by Gasteiger charge is 2.64. The maximum atomic E-state index is 15.1.